The zero-order valence-corrected chi connectivity index (χ0v) is 11.0. The summed E-state index contributed by atoms with van der Waals surface area (Å²) in [6.07, 6.45) is 1.47. The maximum absolute atomic E-state index is 13.7. The van der Waals surface area contributed by atoms with Gasteiger partial charge in [-0.15, -0.1) is 0 Å². The zero-order chi connectivity index (χ0) is 14.7. The number of hydrogen-bond donors (Lipinski definition) is 1. The molecule has 0 aliphatic heterocycles. The van der Waals surface area contributed by atoms with E-state index in [1.807, 2.05) is 30.3 Å². The molecule has 0 atom stereocenters. The van der Waals surface area contributed by atoms with E-state index in [4.69, 9.17) is 5.26 Å². The minimum absolute atomic E-state index is 0.252. The Morgan fingerprint density at radius 1 is 1.14 bits per heavy atom. The standard InChI is InChI=1S/C16H11FN4/c17-14-6-5-11(8-18)7-12(14)9-19-16-13-3-1-2-4-15(13)20-10-21-16/h1-7,10H,9H2,(H,19,20,21). The van der Waals surface area contributed by atoms with Crippen molar-refractivity contribution in [2.45, 2.75) is 6.54 Å². The number of nitriles is 1. The molecule has 3 rings (SSSR count). The Kier molecular flexibility index (Phi) is 3.44. The number of fused-ring (bicyclic) bond motifs is 1. The maximum atomic E-state index is 13.7. The third kappa shape index (κ3) is 2.65. The first kappa shape index (κ1) is 13.0. The topological polar surface area (TPSA) is 61.6 Å². The molecule has 0 saturated carbocycles. The van der Waals surface area contributed by atoms with Crippen LogP contribution in [0, 0.1) is 17.1 Å². The van der Waals surface area contributed by atoms with E-state index in [9.17, 15) is 4.39 Å². The van der Waals surface area contributed by atoms with Crippen molar-refractivity contribution in [2.75, 3.05) is 5.32 Å². The fourth-order valence-electron chi connectivity index (χ4n) is 2.10. The third-order valence-electron chi connectivity index (χ3n) is 3.16. The highest BCUT2D eigenvalue weighted by molar-refractivity contribution is 5.88. The molecule has 0 aliphatic rings. The summed E-state index contributed by atoms with van der Waals surface area (Å²) in [7, 11) is 0. The van der Waals surface area contributed by atoms with E-state index < -0.39 is 0 Å². The van der Waals surface area contributed by atoms with Gasteiger partial charge >= 0.3 is 0 Å². The molecule has 1 aromatic heterocycles. The van der Waals surface area contributed by atoms with Crippen LogP contribution in [0.2, 0.25) is 0 Å². The van der Waals surface area contributed by atoms with Crippen molar-refractivity contribution in [3.8, 4) is 6.07 Å². The Balaban J connectivity index is 1.89. The van der Waals surface area contributed by atoms with E-state index in [-0.39, 0.29) is 12.4 Å². The molecule has 1 heterocycles. The van der Waals surface area contributed by atoms with Crippen LogP contribution >= 0.6 is 0 Å². The van der Waals surface area contributed by atoms with Crippen LogP contribution in [-0.2, 0) is 6.54 Å². The Hall–Kier alpha value is -3.00. The van der Waals surface area contributed by atoms with Crippen LogP contribution in [0.4, 0.5) is 10.2 Å². The van der Waals surface area contributed by atoms with Crippen molar-refractivity contribution in [2.24, 2.45) is 0 Å². The fraction of sp³-hybridized carbons (Fsp3) is 0.0625. The summed E-state index contributed by atoms with van der Waals surface area (Å²) in [5.41, 5.74) is 1.68. The molecule has 3 aromatic rings. The predicted molar refractivity (Wildman–Crippen MR) is 78.0 cm³/mol. The number of nitrogens with one attached hydrogen (secondary N) is 1. The van der Waals surface area contributed by atoms with Crippen LogP contribution in [0.3, 0.4) is 0 Å². The van der Waals surface area contributed by atoms with Crippen LogP contribution in [0.15, 0.2) is 48.8 Å². The van der Waals surface area contributed by atoms with E-state index in [0.717, 1.165) is 10.9 Å². The molecule has 1 N–H and O–H groups in total. The Morgan fingerprint density at radius 3 is 2.86 bits per heavy atom. The van der Waals surface area contributed by atoms with Gasteiger partial charge in [0, 0.05) is 17.5 Å². The first-order chi connectivity index (χ1) is 10.3. The molecule has 0 saturated heterocycles. The fourth-order valence-corrected chi connectivity index (χ4v) is 2.10. The number of aromatic nitrogens is 2. The van der Waals surface area contributed by atoms with Gasteiger partial charge in [0.25, 0.3) is 0 Å². The Bertz CT molecular complexity index is 834. The molecule has 0 spiro atoms. The van der Waals surface area contributed by atoms with Crippen molar-refractivity contribution in [3.63, 3.8) is 0 Å². The normalized spacial score (nSPS) is 10.3. The number of benzene rings is 2. The molecule has 2 aromatic carbocycles. The van der Waals surface area contributed by atoms with Crippen molar-refractivity contribution in [3.05, 3.63) is 65.7 Å². The van der Waals surface area contributed by atoms with Gasteiger partial charge in [-0.05, 0) is 30.3 Å². The molecule has 4 nitrogen and oxygen atoms in total. The van der Waals surface area contributed by atoms with Crippen LogP contribution in [0.1, 0.15) is 11.1 Å². The Morgan fingerprint density at radius 2 is 2.00 bits per heavy atom. The third-order valence-corrected chi connectivity index (χ3v) is 3.16. The second-order valence-corrected chi connectivity index (χ2v) is 4.51. The minimum atomic E-state index is -0.347. The first-order valence-corrected chi connectivity index (χ1v) is 6.40. The minimum Gasteiger partial charge on any atom is -0.365 e. The van der Waals surface area contributed by atoms with E-state index in [1.54, 1.807) is 0 Å². The molecule has 0 fully saturated rings. The molecule has 5 heteroatoms. The summed E-state index contributed by atoms with van der Waals surface area (Å²) >= 11 is 0. The monoisotopic (exact) mass is 278 g/mol. The summed E-state index contributed by atoms with van der Waals surface area (Å²) in [6, 6.07) is 13.9. The molecule has 0 radical (unpaired) electrons. The molecule has 102 valence electrons. The molecule has 0 aliphatic carbocycles. The first-order valence-electron chi connectivity index (χ1n) is 6.40. The number of nitrogens with zero attached hydrogens (tertiary/aromatic N) is 3. The lowest BCUT2D eigenvalue weighted by atomic mass is 10.1. The molecule has 0 unspecified atom stereocenters. The summed E-state index contributed by atoms with van der Waals surface area (Å²) in [6.45, 7) is 0.252. The molecular weight excluding hydrogens is 267 g/mol. The van der Waals surface area contributed by atoms with Gasteiger partial charge in [0.1, 0.15) is 18.0 Å². The lowest BCUT2D eigenvalue weighted by Gasteiger charge is -2.09. The SMILES string of the molecule is N#Cc1ccc(F)c(CNc2ncnc3ccccc23)c1. The number of halogens is 1. The summed E-state index contributed by atoms with van der Waals surface area (Å²) in [5, 5.41) is 12.8. The second-order valence-electron chi connectivity index (χ2n) is 4.51. The molecule has 21 heavy (non-hydrogen) atoms. The quantitative estimate of drug-likeness (QED) is 0.798. The number of para-hydroxylation sites is 1. The maximum Gasteiger partial charge on any atom is 0.137 e. The van der Waals surface area contributed by atoms with Gasteiger partial charge in [-0.3, -0.25) is 0 Å². The van der Waals surface area contributed by atoms with Crippen molar-refractivity contribution in [1.29, 1.82) is 5.26 Å². The van der Waals surface area contributed by atoms with E-state index in [1.165, 1.54) is 24.5 Å². The van der Waals surface area contributed by atoms with E-state index >= 15 is 0 Å². The number of anilines is 1. The predicted octanol–water partition coefficient (Wildman–Crippen LogP) is 3.25. The average molecular weight is 278 g/mol. The smallest absolute Gasteiger partial charge is 0.137 e. The molecule has 0 amide bonds. The van der Waals surface area contributed by atoms with Gasteiger partial charge in [-0.25, -0.2) is 14.4 Å². The Labute approximate surface area is 120 Å². The number of rotatable bonds is 3. The highest BCUT2D eigenvalue weighted by atomic mass is 19.1. The van der Waals surface area contributed by atoms with Crippen LogP contribution in [0.5, 0.6) is 0 Å². The number of hydrogen-bond acceptors (Lipinski definition) is 4. The van der Waals surface area contributed by atoms with Gasteiger partial charge in [-0.1, -0.05) is 12.1 Å². The lowest BCUT2D eigenvalue weighted by molar-refractivity contribution is 0.612. The van der Waals surface area contributed by atoms with Crippen LogP contribution in [-0.4, -0.2) is 9.97 Å². The molecular formula is C16H11FN4. The summed E-state index contributed by atoms with van der Waals surface area (Å²) < 4.78 is 13.7. The van der Waals surface area contributed by atoms with Crippen LogP contribution in [0.25, 0.3) is 10.9 Å². The highest BCUT2D eigenvalue weighted by Gasteiger charge is 2.06. The summed E-state index contributed by atoms with van der Waals surface area (Å²) in [4.78, 5) is 8.36. The van der Waals surface area contributed by atoms with Gasteiger partial charge in [-0.2, -0.15) is 5.26 Å². The van der Waals surface area contributed by atoms with Gasteiger partial charge in [0.2, 0.25) is 0 Å². The summed E-state index contributed by atoms with van der Waals surface area (Å²) in [5.74, 6) is 0.294. The molecule has 0 bridgehead atoms. The average Bonchev–Trinajstić information content (AvgIpc) is 2.54. The van der Waals surface area contributed by atoms with Gasteiger partial charge in [0.15, 0.2) is 0 Å². The van der Waals surface area contributed by atoms with Crippen LogP contribution < -0.4 is 5.32 Å². The lowest BCUT2D eigenvalue weighted by Crippen LogP contribution is -2.04. The van der Waals surface area contributed by atoms with E-state index in [2.05, 4.69) is 15.3 Å². The van der Waals surface area contributed by atoms with Crippen molar-refractivity contribution >= 4 is 16.7 Å². The van der Waals surface area contributed by atoms with Gasteiger partial charge < -0.3 is 5.32 Å². The largest absolute Gasteiger partial charge is 0.365 e. The highest BCUT2D eigenvalue weighted by Crippen LogP contribution is 2.19. The van der Waals surface area contributed by atoms with Crippen molar-refractivity contribution in [1.82, 2.24) is 9.97 Å². The van der Waals surface area contributed by atoms with Crippen molar-refractivity contribution < 1.29 is 4.39 Å². The van der Waals surface area contributed by atoms with E-state index in [0.29, 0.717) is 16.9 Å². The zero-order valence-electron chi connectivity index (χ0n) is 11.0. The van der Waals surface area contributed by atoms with Gasteiger partial charge in [0.05, 0.1) is 17.1 Å². The second kappa shape index (κ2) is 5.55.